The molecule has 0 aromatic rings. The molecule has 1 amide bonds. The highest BCUT2D eigenvalue weighted by Crippen LogP contribution is 1.90. The van der Waals surface area contributed by atoms with Gasteiger partial charge in [-0.25, -0.2) is 15.1 Å². The maximum Gasteiger partial charge on any atom is 0.431 e. The Morgan fingerprint density at radius 2 is 2.00 bits per heavy atom. The van der Waals surface area contributed by atoms with Crippen LogP contribution in [0.15, 0.2) is 23.9 Å². The van der Waals surface area contributed by atoms with Crippen molar-refractivity contribution in [2.75, 3.05) is 13.2 Å². The first kappa shape index (κ1) is 15.0. The van der Waals surface area contributed by atoms with Gasteiger partial charge in [-0.3, -0.25) is 0 Å². The van der Waals surface area contributed by atoms with Crippen molar-refractivity contribution < 1.29 is 19.2 Å². The Balaban J connectivity index is 3.59. The Bertz CT molecular complexity index is 323. The molecule has 96 valence electrons. The summed E-state index contributed by atoms with van der Waals surface area (Å²) in [5.74, 6) is -0.483. The van der Waals surface area contributed by atoms with E-state index in [0.717, 1.165) is 0 Å². The summed E-state index contributed by atoms with van der Waals surface area (Å²) >= 11 is 0. The number of nitrogens with one attached hydrogen (secondary N) is 2. The van der Waals surface area contributed by atoms with Gasteiger partial charge < -0.3 is 14.9 Å². The van der Waals surface area contributed by atoms with Gasteiger partial charge in [0.15, 0.2) is 0 Å². The summed E-state index contributed by atoms with van der Waals surface area (Å²) in [6.07, 6.45) is 1.11. The van der Waals surface area contributed by atoms with Crippen molar-refractivity contribution in [1.29, 1.82) is 0 Å². The standard InChI is InChI=1S/C11H18N2O4/c1-5-9(4)13-17-11(15)12-6-7-16-10(14)8(2)3/h5,13H,2,6-7H2,1,3-4H3,(H,12,15)/b9-5+. The fourth-order valence-corrected chi connectivity index (χ4v) is 0.642. The minimum atomic E-state index is -0.641. The summed E-state index contributed by atoms with van der Waals surface area (Å²) in [6.45, 7) is 8.78. The summed E-state index contributed by atoms with van der Waals surface area (Å²) in [6, 6.07) is 0. The molecule has 0 radical (unpaired) electrons. The number of ether oxygens (including phenoxy) is 1. The first-order chi connectivity index (χ1) is 7.97. The second-order valence-corrected chi connectivity index (χ2v) is 3.31. The number of hydrogen-bond acceptors (Lipinski definition) is 5. The molecule has 2 N–H and O–H groups in total. The number of amides is 1. The van der Waals surface area contributed by atoms with Crippen LogP contribution in [0.1, 0.15) is 20.8 Å². The fraction of sp³-hybridized carbons (Fsp3) is 0.455. The van der Waals surface area contributed by atoms with Crippen LogP contribution in [0.2, 0.25) is 0 Å². The number of hydroxylamine groups is 1. The summed E-state index contributed by atoms with van der Waals surface area (Å²) < 4.78 is 4.76. The van der Waals surface area contributed by atoms with E-state index >= 15 is 0 Å². The van der Waals surface area contributed by atoms with Crippen LogP contribution in [0.5, 0.6) is 0 Å². The van der Waals surface area contributed by atoms with Gasteiger partial charge in [-0.05, 0) is 20.8 Å². The lowest BCUT2D eigenvalue weighted by Gasteiger charge is -2.08. The fourth-order valence-electron chi connectivity index (χ4n) is 0.642. The molecular formula is C11H18N2O4. The van der Waals surface area contributed by atoms with Gasteiger partial charge in [-0.15, -0.1) is 0 Å². The van der Waals surface area contributed by atoms with Crippen molar-refractivity contribution in [3.8, 4) is 0 Å². The Labute approximate surface area is 101 Å². The van der Waals surface area contributed by atoms with Crippen molar-refractivity contribution in [2.45, 2.75) is 20.8 Å². The van der Waals surface area contributed by atoms with Crippen molar-refractivity contribution in [2.24, 2.45) is 0 Å². The predicted octanol–water partition coefficient (Wildman–Crippen LogP) is 1.26. The lowest BCUT2D eigenvalue weighted by atomic mass is 10.4. The molecule has 0 bridgehead atoms. The number of allylic oxidation sites excluding steroid dienone is 2. The largest absolute Gasteiger partial charge is 0.460 e. The van der Waals surface area contributed by atoms with E-state index in [2.05, 4.69) is 22.2 Å². The van der Waals surface area contributed by atoms with E-state index in [9.17, 15) is 9.59 Å². The zero-order valence-electron chi connectivity index (χ0n) is 10.3. The van der Waals surface area contributed by atoms with Crippen LogP contribution >= 0.6 is 0 Å². The van der Waals surface area contributed by atoms with Crippen LogP contribution in [0.4, 0.5) is 4.79 Å². The summed E-state index contributed by atoms with van der Waals surface area (Å²) in [5.41, 5.74) is 3.46. The zero-order chi connectivity index (χ0) is 13.3. The van der Waals surface area contributed by atoms with Crippen LogP contribution in [0, 0.1) is 0 Å². The van der Waals surface area contributed by atoms with Gasteiger partial charge in [0.05, 0.1) is 6.54 Å². The molecule has 17 heavy (non-hydrogen) atoms. The van der Waals surface area contributed by atoms with E-state index < -0.39 is 12.1 Å². The third kappa shape index (κ3) is 7.89. The summed E-state index contributed by atoms with van der Waals surface area (Å²) in [4.78, 5) is 26.6. The maximum atomic E-state index is 11.1. The summed E-state index contributed by atoms with van der Waals surface area (Å²) in [5, 5.41) is 2.40. The van der Waals surface area contributed by atoms with Crippen LogP contribution < -0.4 is 10.8 Å². The highest BCUT2D eigenvalue weighted by molar-refractivity contribution is 5.86. The van der Waals surface area contributed by atoms with Crippen LogP contribution in [-0.2, 0) is 14.4 Å². The van der Waals surface area contributed by atoms with Gasteiger partial charge in [0.1, 0.15) is 6.61 Å². The molecule has 6 nitrogen and oxygen atoms in total. The van der Waals surface area contributed by atoms with Gasteiger partial charge >= 0.3 is 12.1 Å². The molecule has 0 spiro atoms. The monoisotopic (exact) mass is 242 g/mol. The zero-order valence-corrected chi connectivity index (χ0v) is 10.3. The van der Waals surface area contributed by atoms with Crippen LogP contribution in [0.3, 0.4) is 0 Å². The molecule has 0 aliphatic heterocycles. The lowest BCUT2D eigenvalue weighted by molar-refractivity contribution is -0.138. The van der Waals surface area contributed by atoms with Crippen molar-refractivity contribution >= 4 is 12.1 Å². The van der Waals surface area contributed by atoms with Gasteiger partial charge in [-0.2, -0.15) is 0 Å². The van der Waals surface area contributed by atoms with Crippen LogP contribution in [-0.4, -0.2) is 25.2 Å². The maximum absolute atomic E-state index is 11.1. The molecule has 0 aliphatic carbocycles. The Morgan fingerprint density at radius 3 is 2.53 bits per heavy atom. The van der Waals surface area contributed by atoms with Crippen molar-refractivity contribution in [3.05, 3.63) is 23.9 Å². The van der Waals surface area contributed by atoms with Gasteiger partial charge in [0, 0.05) is 11.3 Å². The van der Waals surface area contributed by atoms with E-state index in [0.29, 0.717) is 11.3 Å². The molecule has 0 unspecified atom stereocenters. The first-order valence-electron chi connectivity index (χ1n) is 5.13. The Morgan fingerprint density at radius 1 is 1.35 bits per heavy atom. The molecule has 0 saturated carbocycles. The average Bonchev–Trinajstić information content (AvgIpc) is 2.30. The smallest absolute Gasteiger partial charge is 0.431 e. The van der Waals surface area contributed by atoms with E-state index in [-0.39, 0.29) is 13.2 Å². The van der Waals surface area contributed by atoms with E-state index in [1.165, 1.54) is 0 Å². The van der Waals surface area contributed by atoms with Gasteiger partial charge in [0.2, 0.25) is 0 Å². The minimum Gasteiger partial charge on any atom is -0.460 e. The van der Waals surface area contributed by atoms with Gasteiger partial charge in [-0.1, -0.05) is 12.7 Å². The quantitative estimate of drug-likeness (QED) is 0.317. The van der Waals surface area contributed by atoms with E-state index in [4.69, 9.17) is 4.74 Å². The molecule has 0 atom stereocenters. The Hall–Kier alpha value is -1.98. The highest BCUT2D eigenvalue weighted by atomic mass is 16.7. The number of carbonyl (C=O) groups is 2. The molecule has 6 heteroatoms. The Kier molecular flexibility index (Phi) is 7.25. The average molecular weight is 242 g/mol. The SMILES string of the molecule is C=C(C)C(=O)OCCNC(=O)ON/C(C)=C/C. The molecule has 0 aliphatic rings. The second-order valence-electron chi connectivity index (χ2n) is 3.31. The highest BCUT2D eigenvalue weighted by Gasteiger charge is 2.04. The first-order valence-corrected chi connectivity index (χ1v) is 5.13. The number of carbonyl (C=O) groups excluding carboxylic acids is 2. The molecule has 0 aromatic heterocycles. The number of esters is 1. The van der Waals surface area contributed by atoms with Crippen molar-refractivity contribution in [1.82, 2.24) is 10.8 Å². The molecule has 0 heterocycles. The second kappa shape index (κ2) is 8.20. The third-order valence-electron chi connectivity index (χ3n) is 1.69. The van der Waals surface area contributed by atoms with Crippen LogP contribution in [0.25, 0.3) is 0 Å². The minimum absolute atomic E-state index is 0.0728. The molecule has 0 rings (SSSR count). The molecule has 0 fully saturated rings. The molecule has 0 aromatic carbocycles. The summed E-state index contributed by atoms with van der Waals surface area (Å²) in [7, 11) is 0. The van der Waals surface area contributed by atoms with Gasteiger partial charge in [0.25, 0.3) is 0 Å². The normalized spacial score (nSPS) is 10.4. The molecular weight excluding hydrogens is 224 g/mol. The van der Waals surface area contributed by atoms with E-state index in [1.807, 2.05) is 0 Å². The number of rotatable bonds is 6. The lowest BCUT2D eigenvalue weighted by Crippen LogP contribution is -2.32. The topological polar surface area (TPSA) is 76.7 Å². The number of hydrogen-bond donors (Lipinski definition) is 2. The van der Waals surface area contributed by atoms with Crippen molar-refractivity contribution in [3.63, 3.8) is 0 Å². The van der Waals surface area contributed by atoms with E-state index in [1.54, 1.807) is 26.8 Å². The third-order valence-corrected chi connectivity index (χ3v) is 1.69. The predicted molar refractivity (Wildman–Crippen MR) is 62.8 cm³/mol. The molecule has 0 saturated heterocycles.